The fourth-order valence-electron chi connectivity index (χ4n) is 3.12. The second kappa shape index (κ2) is 8.48. The zero-order chi connectivity index (χ0) is 18.4. The number of nitrogens with zero attached hydrogens (tertiary/aromatic N) is 1. The van der Waals surface area contributed by atoms with Crippen LogP contribution in [0.2, 0.25) is 0 Å². The number of carbonyl (C=O) groups is 2. The Bertz CT molecular complexity index is 595. The van der Waals surface area contributed by atoms with E-state index in [1.165, 1.54) is 0 Å². The highest BCUT2D eigenvalue weighted by molar-refractivity contribution is 5.94. The van der Waals surface area contributed by atoms with Crippen LogP contribution in [0.1, 0.15) is 49.0 Å². The lowest BCUT2D eigenvalue weighted by Gasteiger charge is -2.33. The SMILES string of the molecule is Cc1ccc(C(=O)N2CCCC(C(=O)NCC(C)(C)CCO)C2)cc1. The Kier molecular flexibility index (Phi) is 6.59. The average molecular weight is 346 g/mol. The van der Waals surface area contributed by atoms with Crippen molar-refractivity contribution in [3.8, 4) is 0 Å². The number of nitrogens with one attached hydrogen (secondary N) is 1. The zero-order valence-corrected chi connectivity index (χ0v) is 15.5. The molecule has 1 fully saturated rings. The topological polar surface area (TPSA) is 69.6 Å². The highest BCUT2D eigenvalue weighted by Crippen LogP contribution is 2.21. The smallest absolute Gasteiger partial charge is 0.253 e. The molecule has 1 saturated heterocycles. The summed E-state index contributed by atoms with van der Waals surface area (Å²) in [6.07, 6.45) is 2.30. The summed E-state index contributed by atoms with van der Waals surface area (Å²) in [4.78, 5) is 26.9. The summed E-state index contributed by atoms with van der Waals surface area (Å²) in [6, 6.07) is 7.56. The second-order valence-electron chi connectivity index (χ2n) is 7.81. The molecule has 2 amide bonds. The molecule has 1 aromatic carbocycles. The number of piperidine rings is 1. The first-order valence-corrected chi connectivity index (χ1v) is 9.07. The second-order valence-corrected chi connectivity index (χ2v) is 7.81. The molecule has 1 aromatic rings. The van der Waals surface area contributed by atoms with Crippen LogP contribution in [-0.2, 0) is 4.79 Å². The van der Waals surface area contributed by atoms with Crippen LogP contribution >= 0.6 is 0 Å². The molecule has 1 aliphatic rings. The lowest BCUT2D eigenvalue weighted by atomic mass is 9.89. The predicted molar refractivity (Wildman–Crippen MR) is 98.3 cm³/mol. The van der Waals surface area contributed by atoms with E-state index in [1.807, 2.05) is 45.0 Å². The quantitative estimate of drug-likeness (QED) is 0.831. The van der Waals surface area contributed by atoms with Crippen molar-refractivity contribution < 1.29 is 14.7 Å². The molecule has 5 heteroatoms. The van der Waals surface area contributed by atoms with E-state index in [4.69, 9.17) is 5.11 Å². The molecule has 1 aliphatic heterocycles. The van der Waals surface area contributed by atoms with Gasteiger partial charge in [0.2, 0.25) is 5.91 Å². The Morgan fingerprint density at radius 2 is 1.96 bits per heavy atom. The molecule has 138 valence electrons. The van der Waals surface area contributed by atoms with Gasteiger partial charge < -0.3 is 15.3 Å². The van der Waals surface area contributed by atoms with Crippen molar-refractivity contribution in [1.29, 1.82) is 0 Å². The third kappa shape index (κ3) is 5.56. The van der Waals surface area contributed by atoms with Gasteiger partial charge in [-0.3, -0.25) is 9.59 Å². The standard InChI is InChI=1S/C20H30N2O3/c1-15-6-8-16(9-7-15)19(25)22-11-4-5-17(13-22)18(24)21-14-20(2,3)10-12-23/h6-9,17,23H,4-5,10-14H2,1-3H3,(H,21,24). The van der Waals surface area contributed by atoms with Crippen LogP contribution in [0.25, 0.3) is 0 Å². The molecule has 0 radical (unpaired) electrons. The summed E-state index contributed by atoms with van der Waals surface area (Å²) < 4.78 is 0. The highest BCUT2D eigenvalue weighted by Gasteiger charge is 2.29. The summed E-state index contributed by atoms with van der Waals surface area (Å²) >= 11 is 0. The maximum atomic E-state index is 12.6. The summed E-state index contributed by atoms with van der Waals surface area (Å²) in [5, 5.41) is 12.1. The van der Waals surface area contributed by atoms with E-state index >= 15 is 0 Å². The van der Waals surface area contributed by atoms with Crippen LogP contribution in [0, 0.1) is 18.3 Å². The Labute approximate surface area is 150 Å². The number of hydrogen-bond acceptors (Lipinski definition) is 3. The molecule has 1 atom stereocenters. The molecule has 0 aromatic heterocycles. The minimum Gasteiger partial charge on any atom is -0.396 e. The zero-order valence-electron chi connectivity index (χ0n) is 15.5. The van der Waals surface area contributed by atoms with E-state index < -0.39 is 0 Å². The molecule has 25 heavy (non-hydrogen) atoms. The van der Waals surface area contributed by atoms with E-state index in [9.17, 15) is 9.59 Å². The molecule has 1 unspecified atom stereocenters. The molecule has 1 heterocycles. The van der Waals surface area contributed by atoms with Crippen molar-refractivity contribution in [2.75, 3.05) is 26.2 Å². The lowest BCUT2D eigenvalue weighted by molar-refractivity contribution is -0.126. The van der Waals surface area contributed by atoms with Crippen LogP contribution in [-0.4, -0.2) is 48.1 Å². The molecule has 0 saturated carbocycles. The molecule has 2 rings (SSSR count). The van der Waals surface area contributed by atoms with Crippen LogP contribution < -0.4 is 5.32 Å². The first-order valence-electron chi connectivity index (χ1n) is 9.07. The molecule has 0 bridgehead atoms. The number of hydrogen-bond donors (Lipinski definition) is 2. The van der Waals surface area contributed by atoms with Crippen molar-refractivity contribution >= 4 is 11.8 Å². The Balaban J connectivity index is 1.92. The minimum atomic E-state index is -0.159. The first-order chi connectivity index (χ1) is 11.8. The number of carbonyl (C=O) groups excluding carboxylic acids is 2. The van der Waals surface area contributed by atoms with Crippen molar-refractivity contribution in [3.05, 3.63) is 35.4 Å². The number of aliphatic hydroxyl groups excluding tert-OH is 1. The Morgan fingerprint density at radius 3 is 2.60 bits per heavy atom. The summed E-state index contributed by atoms with van der Waals surface area (Å²) in [6.45, 7) is 7.87. The molecule has 2 N–H and O–H groups in total. The third-order valence-corrected chi connectivity index (χ3v) is 4.91. The van der Waals surface area contributed by atoms with E-state index in [0.29, 0.717) is 31.6 Å². The van der Waals surface area contributed by atoms with Crippen molar-refractivity contribution in [2.24, 2.45) is 11.3 Å². The van der Waals surface area contributed by atoms with Crippen LogP contribution in [0.4, 0.5) is 0 Å². The number of aliphatic hydroxyl groups is 1. The van der Waals surface area contributed by atoms with Gasteiger partial charge in [0, 0.05) is 31.8 Å². The molecular formula is C20H30N2O3. The van der Waals surface area contributed by atoms with Gasteiger partial charge in [0.25, 0.3) is 5.91 Å². The van der Waals surface area contributed by atoms with Crippen LogP contribution in [0.15, 0.2) is 24.3 Å². The monoisotopic (exact) mass is 346 g/mol. The lowest BCUT2D eigenvalue weighted by Crippen LogP contribution is -2.47. The molecule has 0 spiro atoms. The van der Waals surface area contributed by atoms with Gasteiger partial charge in [0.05, 0.1) is 5.92 Å². The molecule has 5 nitrogen and oxygen atoms in total. The maximum Gasteiger partial charge on any atom is 0.253 e. The maximum absolute atomic E-state index is 12.6. The first kappa shape index (κ1) is 19.4. The minimum absolute atomic E-state index is 0.00175. The van der Waals surface area contributed by atoms with E-state index in [2.05, 4.69) is 5.32 Å². The summed E-state index contributed by atoms with van der Waals surface area (Å²) in [5.41, 5.74) is 1.67. The Hall–Kier alpha value is -1.88. The number of aryl methyl sites for hydroxylation is 1. The predicted octanol–water partition coefficient (Wildman–Crippen LogP) is 2.37. The van der Waals surface area contributed by atoms with Crippen molar-refractivity contribution in [1.82, 2.24) is 10.2 Å². The average Bonchev–Trinajstić information content (AvgIpc) is 2.60. The van der Waals surface area contributed by atoms with Gasteiger partial charge in [0.1, 0.15) is 0 Å². The van der Waals surface area contributed by atoms with Gasteiger partial charge in [0.15, 0.2) is 0 Å². The number of amides is 2. The van der Waals surface area contributed by atoms with E-state index in [1.54, 1.807) is 4.90 Å². The fourth-order valence-corrected chi connectivity index (χ4v) is 3.12. The van der Waals surface area contributed by atoms with Gasteiger partial charge in [-0.15, -0.1) is 0 Å². The molecular weight excluding hydrogens is 316 g/mol. The van der Waals surface area contributed by atoms with Gasteiger partial charge in [-0.05, 0) is 43.7 Å². The van der Waals surface area contributed by atoms with E-state index in [0.717, 1.165) is 18.4 Å². The number of rotatable bonds is 6. The normalized spacial score (nSPS) is 18.1. The van der Waals surface area contributed by atoms with Gasteiger partial charge in [-0.25, -0.2) is 0 Å². The number of likely N-dealkylation sites (tertiary alicyclic amines) is 1. The Morgan fingerprint density at radius 1 is 1.28 bits per heavy atom. The van der Waals surface area contributed by atoms with Gasteiger partial charge >= 0.3 is 0 Å². The van der Waals surface area contributed by atoms with Gasteiger partial charge in [-0.2, -0.15) is 0 Å². The fraction of sp³-hybridized carbons (Fsp3) is 0.600. The van der Waals surface area contributed by atoms with Crippen molar-refractivity contribution in [3.63, 3.8) is 0 Å². The largest absolute Gasteiger partial charge is 0.396 e. The van der Waals surface area contributed by atoms with Crippen LogP contribution in [0.5, 0.6) is 0 Å². The highest BCUT2D eigenvalue weighted by atomic mass is 16.3. The van der Waals surface area contributed by atoms with Gasteiger partial charge in [-0.1, -0.05) is 31.5 Å². The van der Waals surface area contributed by atoms with Crippen molar-refractivity contribution in [2.45, 2.75) is 40.0 Å². The third-order valence-electron chi connectivity index (χ3n) is 4.91. The summed E-state index contributed by atoms with van der Waals surface area (Å²) in [7, 11) is 0. The molecule has 0 aliphatic carbocycles. The summed E-state index contributed by atoms with van der Waals surface area (Å²) in [5.74, 6) is -0.154. The van der Waals surface area contributed by atoms with E-state index in [-0.39, 0.29) is 29.8 Å². The number of benzene rings is 1. The van der Waals surface area contributed by atoms with Crippen LogP contribution in [0.3, 0.4) is 0 Å².